The molecular formula is C16H24N2O2. The molecule has 1 aromatic carbocycles. The van der Waals surface area contributed by atoms with E-state index in [9.17, 15) is 9.90 Å². The molecule has 2 rings (SSSR count). The molecule has 1 aliphatic heterocycles. The summed E-state index contributed by atoms with van der Waals surface area (Å²) in [4.78, 5) is 14.5. The maximum Gasteiger partial charge on any atom is 0.242 e. The third-order valence-electron chi connectivity index (χ3n) is 4.01. The van der Waals surface area contributed by atoms with Crippen molar-refractivity contribution in [2.24, 2.45) is 0 Å². The van der Waals surface area contributed by atoms with Crippen LogP contribution in [0.5, 0.6) is 5.75 Å². The smallest absolute Gasteiger partial charge is 0.242 e. The number of aromatic hydroxyl groups is 1. The highest BCUT2D eigenvalue weighted by molar-refractivity contribution is 5.86. The average Bonchev–Trinajstić information content (AvgIpc) is 2.88. The van der Waals surface area contributed by atoms with Gasteiger partial charge >= 0.3 is 0 Å². The van der Waals surface area contributed by atoms with Crippen LogP contribution >= 0.6 is 0 Å². The first kappa shape index (κ1) is 14.9. The summed E-state index contributed by atoms with van der Waals surface area (Å²) < 4.78 is 0. The predicted octanol–water partition coefficient (Wildman–Crippen LogP) is 2.27. The van der Waals surface area contributed by atoms with Gasteiger partial charge in [-0.3, -0.25) is 4.79 Å². The zero-order valence-corrected chi connectivity index (χ0v) is 12.4. The Morgan fingerprint density at radius 3 is 2.90 bits per heavy atom. The van der Waals surface area contributed by atoms with Crippen LogP contribution in [-0.2, 0) is 11.3 Å². The van der Waals surface area contributed by atoms with Crippen molar-refractivity contribution in [2.45, 2.75) is 44.7 Å². The van der Waals surface area contributed by atoms with Crippen molar-refractivity contribution in [3.8, 4) is 5.75 Å². The number of nitrogens with one attached hydrogen (secondary N) is 1. The molecule has 1 heterocycles. The first-order valence-electron chi connectivity index (χ1n) is 7.36. The quantitative estimate of drug-likeness (QED) is 0.867. The number of hydrogen-bond donors (Lipinski definition) is 2. The van der Waals surface area contributed by atoms with Gasteiger partial charge in [0.1, 0.15) is 5.75 Å². The van der Waals surface area contributed by atoms with Crippen LogP contribution in [0.1, 0.15) is 38.2 Å². The Balaban J connectivity index is 2.07. The molecular weight excluding hydrogens is 252 g/mol. The van der Waals surface area contributed by atoms with Gasteiger partial charge in [-0.2, -0.15) is 0 Å². The Bertz CT molecular complexity index is 467. The third kappa shape index (κ3) is 3.12. The minimum atomic E-state index is -0.375. The number of benzene rings is 1. The van der Waals surface area contributed by atoms with E-state index in [0.29, 0.717) is 6.54 Å². The fourth-order valence-corrected chi connectivity index (χ4v) is 3.10. The molecule has 0 aromatic heterocycles. The highest BCUT2D eigenvalue weighted by atomic mass is 16.3. The summed E-state index contributed by atoms with van der Waals surface area (Å²) in [6.45, 7) is 3.57. The molecule has 1 amide bonds. The molecule has 1 aliphatic rings. The highest BCUT2D eigenvalue weighted by Gasteiger charge is 2.41. The van der Waals surface area contributed by atoms with E-state index in [2.05, 4.69) is 12.2 Å². The van der Waals surface area contributed by atoms with Crippen molar-refractivity contribution in [1.29, 1.82) is 0 Å². The molecule has 20 heavy (non-hydrogen) atoms. The lowest BCUT2D eigenvalue weighted by Crippen LogP contribution is -2.53. The van der Waals surface area contributed by atoms with Crippen LogP contribution in [0.2, 0.25) is 0 Å². The Kier molecular flexibility index (Phi) is 4.65. The number of amides is 1. The van der Waals surface area contributed by atoms with E-state index < -0.39 is 0 Å². The molecule has 1 unspecified atom stereocenters. The van der Waals surface area contributed by atoms with Crippen molar-refractivity contribution in [3.63, 3.8) is 0 Å². The number of phenolic OH excluding ortho intramolecular Hbond substituents is 1. The van der Waals surface area contributed by atoms with Crippen LogP contribution in [0, 0.1) is 0 Å². The number of hydrogen-bond acceptors (Lipinski definition) is 3. The van der Waals surface area contributed by atoms with Crippen molar-refractivity contribution >= 4 is 5.91 Å². The fourth-order valence-electron chi connectivity index (χ4n) is 3.10. The number of nitrogens with zero attached hydrogens (tertiary/aromatic N) is 1. The van der Waals surface area contributed by atoms with Crippen molar-refractivity contribution in [2.75, 3.05) is 13.6 Å². The van der Waals surface area contributed by atoms with E-state index >= 15 is 0 Å². The Hall–Kier alpha value is -1.55. The number of rotatable bonds is 5. The summed E-state index contributed by atoms with van der Waals surface area (Å²) in [6.07, 6.45) is 3.87. The predicted molar refractivity (Wildman–Crippen MR) is 79.5 cm³/mol. The molecule has 0 radical (unpaired) electrons. The minimum Gasteiger partial charge on any atom is -0.508 e. The third-order valence-corrected chi connectivity index (χ3v) is 4.01. The van der Waals surface area contributed by atoms with Crippen molar-refractivity contribution in [3.05, 3.63) is 29.8 Å². The number of carbonyl (C=O) groups excluding carboxylic acids is 1. The van der Waals surface area contributed by atoms with Crippen LogP contribution in [-0.4, -0.2) is 35.0 Å². The normalized spacial score (nSPS) is 21.9. The second-order valence-corrected chi connectivity index (χ2v) is 5.69. The largest absolute Gasteiger partial charge is 0.508 e. The van der Waals surface area contributed by atoms with Gasteiger partial charge in [0, 0.05) is 13.6 Å². The first-order chi connectivity index (χ1) is 9.57. The van der Waals surface area contributed by atoms with E-state index in [4.69, 9.17) is 0 Å². The lowest BCUT2D eigenvalue weighted by atomic mass is 9.90. The molecule has 1 fully saturated rings. The Morgan fingerprint density at radius 2 is 2.30 bits per heavy atom. The van der Waals surface area contributed by atoms with Gasteiger partial charge in [-0.1, -0.05) is 25.5 Å². The van der Waals surface area contributed by atoms with E-state index in [1.54, 1.807) is 23.1 Å². The maximum absolute atomic E-state index is 12.7. The summed E-state index contributed by atoms with van der Waals surface area (Å²) in [5.74, 6) is 0.408. The summed E-state index contributed by atoms with van der Waals surface area (Å²) in [7, 11) is 1.84. The second kappa shape index (κ2) is 6.27. The lowest BCUT2D eigenvalue weighted by molar-refractivity contribution is -0.137. The number of likely N-dealkylation sites (N-methyl/N-ethyl adjacent to an activating group) is 1. The molecule has 0 bridgehead atoms. The summed E-state index contributed by atoms with van der Waals surface area (Å²) in [6, 6.07) is 7.08. The van der Waals surface area contributed by atoms with Crippen LogP contribution in [0.4, 0.5) is 0 Å². The van der Waals surface area contributed by atoms with Crippen molar-refractivity contribution < 1.29 is 9.90 Å². The summed E-state index contributed by atoms with van der Waals surface area (Å²) >= 11 is 0. The number of phenols is 1. The fraction of sp³-hybridized carbons (Fsp3) is 0.562. The molecule has 4 nitrogen and oxygen atoms in total. The van der Waals surface area contributed by atoms with Gasteiger partial charge in [0.2, 0.25) is 5.91 Å². The molecule has 2 N–H and O–H groups in total. The average molecular weight is 276 g/mol. The van der Waals surface area contributed by atoms with Gasteiger partial charge in [0.05, 0.1) is 5.54 Å². The molecule has 110 valence electrons. The number of carbonyl (C=O) groups is 1. The van der Waals surface area contributed by atoms with Crippen LogP contribution in [0.3, 0.4) is 0 Å². The maximum atomic E-state index is 12.7. The van der Waals surface area contributed by atoms with E-state index in [-0.39, 0.29) is 17.2 Å². The van der Waals surface area contributed by atoms with Gasteiger partial charge in [0.25, 0.3) is 0 Å². The van der Waals surface area contributed by atoms with Gasteiger partial charge in [-0.25, -0.2) is 0 Å². The van der Waals surface area contributed by atoms with E-state index in [1.165, 1.54) is 0 Å². The zero-order valence-electron chi connectivity index (χ0n) is 12.4. The molecule has 4 heteroatoms. The highest BCUT2D eigenvalue weighted by Crippen LogP contribution is 2.27. The van der Waals surface area contributed by atoms with Crippen LogP contribution in [0.15, 0.2) is 24.3 Å². The Morgan fingerprint density at radius 1 is 1.50 bits per heavy atom. The van der Waals surface area contributed by atoms with Gasteiger partial charge in [-0.05, 0) is 43.5 Å². The molecule has 0 saturated carbocycles. The topological polar surface area (TPSA) is 52.6 Å². The zero-order chi connectivity index (χ0) is 14.6. The lowest BCUT2D eigenvalue weighted by Gasteiger charge is -2.32. The first-order valence-corrected chi connectivity index (χ1v) is 7.36. The van der Waals surface area contributed by atoms with Gasteiger partial charge in [-0.15, -0.1) is 0 Å². The molecule has 0 aliphatic carbocycles. The van der Waals surface area contributed by atoms with Crippen LogP contribution < -0.4 is 5.32 Å². The molecule has 1 atom stereocenters. The monoisotopic (exact) mass is 276 g/mol. The second-order valence-electron chi connectivity index (χ2n) is 5.69. The van der Waals surface area contributed by atoms with Gasteiger partial charge < -0.3 is 15.3 Å². The Labute approximate surface area is 120 Å². The van der Waals surface area contributed by atoms with Gasteiger partial charge in [0.15, 0.2) is 0 Å². The molecule has 1 aromatic rings. The summed E-state index contributed by atoms with van der Waals surface area (Å²) in [5, 5.41) is 12.9. The van der Waals surface area contributed by atoms with E-state index in [0.717, 1.165) is 37.8 Å². The van der Waals surface area contributed by atoms with Crippen molar-refractivity contribution in [1.82, 2.24) is 10.2 Å². The summed E-state index contributed by atoms with van der Waals surface area (Å²) in [5.41, 5.74) is 0.575. The minimum absolute atomic E-state index is 0.167. The standard InChI is InChI=1S/C16H24N2O2/c1-3-8-16(9-5-10-17-16)15(20)18(2)12-13-6-4-7-14(19)11-13/h4,6-7,11,17,19H,3,5,8-10,12H2,1-2H3. The van der Waals surface area contributed by atoms with E-state index in [1.807, 2.05) is 13.1 Å². The molecule has 1 saturated heterocycles. The van der Waals surface area contributed by atoms with Crippen LogP contribution in [0.25, 0.3) is 0 Å². The molecule has 0 spiro atoms. The SMILES string of the molecule is CCCC1(C(=O)N(C)Cc2cccc(O)c2)CCCN1.